The van der Waals surface area contributed by atoms with Crippen LogP contribution in [0.15, 0.2) is 18.2 Å². The summed E-state index contributed by atoms with van der Waals surface area (Å²) in [5, 5.41) is 3.56. The molecule has 0 spiro atoms. The summed E-state index contributed by atoms with van der Waals surface area (Å²) >= 11 is 6.03. The lowest BCUT2D eigenvalue weighted by atomic mass is 10.2. The second-order valence-corrected chi connectivity index (χ2v) is 7.91. The minimum Gasteiger partial charge on any atom is -0.449 e. The minimum absolute atomic E-state index is 0.0730. The molecule has 27 heavy (non-hydrogen) atoms. The average molecular weight is 396 g/mol. The molecule has 1 aliphatic rings. The molecule has 0 saturated carbocycles. The topological polar surface area (TPSA) is 61.9 Å². The van der Waals surface area contributed by atoms with Gasteiger partial charge in [-0.1, -0.05) is 31.5 Å². The molecule has 1 aromatic rings. The Balaban J connectivity index is 1.91. The van der Waals surface area contributed by atoms with Crippen LogP contribution in [0.5, 0.6) is 0 Å². The Morgan fingerprint density at radius 1 is 1.19 bits per heavy atom. The second-order valence-electron chi connectivity index (χ2n) is 7.47. The lowest BCUT2D eigenvalue weighted by Crippen LogP contribution is -2.44. The first kappa shape index (κ1) is 21.5. The number of hydrogen-bond donors (Lipinski definition) is 1. The molecule has 1 fully saturated rings. The van der Waals surface area contributed by atoms with E-state index in [9.17, 15) is 9.59 Å². The SMILES string of the molecule is Cc1ccc(Cl)cc1NC(=O)C(C)N1CCCN(C(=O)OCC(C)C)CC1. The molecular formula is C20H30ClN3O3. The Labute approximate surface area is 166 Å². The molecule has 1 aliphatic heterocycles. The summed E-state index contributed by atoms with van der Waals surface area (Å²) in [5.74, 6) is 0.243. The Bertz CT molecular complexity index is 666. The van der Waals surface area contributed by atoms with Crippen molar-refractivity contribution in [1.82, 2.24) is 9.80 Å². The molecule has 0 aliphatic carbocycles. The van der Waals surface area contributed by atoms with E-state index in [0.29, 0.717) is 37.2 Å². The van der Waals surface area contributed by atoms with Gasteiger partial charge < -0.3 is 15.0 Å². The van der Waals surface area contributed by atoms with Crippen LogP contribution in [0.1, 0.15) is 32.8 Å². The number of halogens is 1. The summed E-state index contributed by atoms with van der Waals surface area (Å²) in [6, 6.07) is 5.15. The normalized spacial score (nSPS) is 16.7. The lowest BCUT2D eigenvalue weighted by Gasteiger charge is -2.27. The van der Waals surface area contributed by atoms with Crippen molar-refractivity contribution in [3.63, 3.8) is 0 Å². The van der Waals surface area contributed by atoms with Crippen molar-refractivity contribution in [2.45, 2.75) is 40.2 Å². The third-order valence-corrected chi connectivity index (χ3v) is 4.95. The molecule has 1 saturated heterocycles. The first-order valence-electron chi connectivity index (χ1n) is 9.50. The molecule has 1 aromatic carbocycles. The third-order valence-electron chi connectivity index (χ3n) is 4.71. The fourth-order valence-corrected chi connectivity index (χ4v) is 3.14. The van der Waals surface area contributed by atoms with Gasteiger partial charge >= 0.3 is 6.09 Å². The zero-order chi connectivity index (χ0) is 20.0. The zero-order valence-corrected chi connectivity index (χ0v) is 17.4. The summed E-state index contributed by atoms with van der Waals surface area (Å²) in [5.41, 5.74) is 1.70. The van der Waals surface area contributed by atoms with Crippen LogP contribution in [-0.2, 0) is 9.53 Å². The highest BCUT2D eigenvalue weighted by Gasteiger charge is 2.26. The molecule has 1 N–H and O–H groups in total. The van der Waals surface area contributed by atoms with Crippen LogP contribution in [0.4, 0.5) is 10.5 Å². The number of ether oxygens (including phenoxy) is 1. The highest BCUT2D eigenvalue weighted by molar-refractivity contribution is 6.31. The lowest BCUT2D eigenvalue weighted by molar-refractivity contribution is -0.120. The molecule has 0 radical (unpaired) electrons. The van der Waals surface area contributed by atoms with Crippen LogP contribution >= 0.6 is 11.6 Å². The van der Waals surface area contributed by atoms with E-state index in [1.54, 1.807) is 17.0 Å². The molecule has 0 aromatic heterocycles. The van der Waals surface area contributed by atoms with Gasteiger partial charge in [-0.3, -0.25) is 9.69 Å². The van der Waals surface area contributed by atoms with Crippen molar-refractivity contribution in [1.29, 1.82) is 0 Å². The van der Waals surface area contributed by atoms with Gasteiger partial charge in [0.2, 0.25) is 5.91 Å². The molecular weight excluding hydrogens is 366 g/mol. The number of nitrogens with zero attached hydrogens (tertiary/aromatic N) is 2. The zero-order valence-electron chi connectivity index (χ0n) is 16.6. The van der Waals surface area contributed by atoms with E-state index in [1.807, 2.05) is 33.8 Å². The summed E-state index contributed by atoms with van der Waals surface area (Å²) in [4.78, 5) is 28.7. The molecule has 1 heterocycles. The van der Waals surface area contributed by atoms with Crippen molar-refractivity contribution in [2.24, 2.45) is 5.92 Å². The minimum atomic E-state index is -0.296. The van der Waals surface area contributed by atoms with E-state index in [2.05, 4.69) is 10.2 Å². The van der Waals surface area contributed by atoms with Gasteiger partial charge in [0.05, 0.1) is 12.6 Å². The highest BCUT2D eigenvalue weighted by atomic mass is 35.5. The second kappa shape index (κ2) is 9.95. The van der Waals surface area contributed by atoms with E-state index in [0.717, 1.165) is 24.2 Å². The number of carbonyl (C=O) groups is 2. The Morgan fingerprint density at radius 3 is 2.63 bits per heavy atom. The third kappa shape index (κ3) is 6.40. The van der Waals surface area contributed by atoms with E-state index in [4.69, 9.17) is 16.3 Å². The summed E-state index contributed by atoms with van der Waals surface area (Å²) < 4.78 is 5.32. The Kier molecular flexibility index (Phi) is 7.92. The summed E-state index contributed by atoms with van der Waals surface area (Å²) in [6.45, 7) is 10.9. The van der Waals surface area contributed by atoms with E-state index < -0.39 is 0 Å². The molecule has 6 nitrogen and oxygen atoms in total. The Hall–Kier alpha value is -1.79. The maximum absolute atomic E-state index is 12.7. The summed E-state index contributed by atoms with van der Waals surface area (Å²) in [6.07, 6.45) is 0.544. The first-order valence-corrected chi connectivity index (χ1v) is 9.88. The highest BCUT2D eigenvalue weighted by Crippen LogP contribution is 2.21. The predicted molar refractivity (Wildman–Crippen MR) is 108 cm³/mol. The van der Waals surface area contributed by atoms with E-state index in [1.165, 1.54) is 0 Å². The van der Waals surface area contributed by atoms with Crippen molar-refractivity contribution < 1.29 is 14.3 Å². The van der Waals surface area contributed by atoms with Crippen LogP contribution in [0.25, 0.3) is 0 Å². The number of amides is 2. The number of aryl methyl sites for hydroxylation is 1. The largest absolute Gasteiger partial charge is 0.449 e. The molecule has 1 atom stereocenters. The molecule has 7 heteroatoms. The van der Waals surface area contributed by atoms with Crippen molar-refractivity contribution >= 4 is 29.3 Å². The fourth-order valence-electron chi connectivity index (χ4n) is 2.97. The monoisotopic (exact) mass is 395 g/mol. The molecule has 150 valence electrons. The predicted octanol–water partition coefficient (Wildman–Crippen LogP) is 3.78. The Morgan fingerprint density at radius 2 is 1.93 bits per heavy atom. The van der Waals surface area contributed by atoms with Gasteiger partial charge in [0.1, 0.15) is 0 Å². The molecule has 2 rings (SSSR count). The van der Waals surface area contributed by atoms with Crippen LogP contribution in [0.3, 0.4) is 0 Å². The maximum Gasteiger partial charge on any atom is 0.409 e. The van der Waals surface area contributed by atoms with E-state index >= 15 is 0 Å². The molecule has 1 unspecified atom stereocenters. The molecule has 0 bridgehead atoms. The first-order chi connectivity index (χ1) is 12.8. The van der Waals surface area contributed by atoms with Gasteiger partial charge in [0, 0.05) is 36.9 Å². The van der Waals surface area contributed by atoms with Gasteiger partial charge in [-0.2, -0.15) is 0 Å². The number of hydrogen-bond acceptors (Lipinski definition) is 4. The number of anilines is 1. The summed E-state index contributed by atoms with van der Waals surface area (Å²) in [7, 11) is 0. The van der Waals surface area contributed by atoms with Crippen LogP contribution in [-0.4, -0.2) is 60.6 Å². The smallest absolute Gasteiger partial charge is 0.409 e. The van der Waals surface area contributed by atoms with Crippen LogP contribution in [0, 0.1) is 12.8 Å². The van der Waals surface area contributed by atoms with Crippen LogP contribution < -0.4 is 5.32 Å². The number of carbonyl (C=O) groups excluding carboxylic acids is 2. The standard InChI is InChI=1S/C20H30ClN3O3/c1-14(2)13-27-20(26)24-9-5-8-23(10-11-24)16(4)19(25)22-18-12-17(21)7-6-15(18)3/h6-7,12,14,16H,5,8-11,13H2,1-4H3,(H,22,25). The average Bonchev–Trinajstić information content (AvgIpc) is 2.88. The van der Waals surface area contributed by atoms with Crippen molar-refractivity contribution in [3.8, 4) is 0 Å². The number of benzene rings is 1. The number of rotatable bonds is 5. The van der Waals surface area contributed by atoms with Crippen molar-refractivity contribution in [3.05, 3.63) is 28.8 Å². The van der Waals surface area contributed by atoms with Gasteiger partial charge in [0.15, 0.2) is 0 Å². The molecule has 2 amide bonds. The van der Waals surface area contributed by atoms with Crippen LogP contribution in [0.2, 0.25) is 5.02 Å². The fraction of sp³-hybridized carbons (Fsp3) is 0.600. The van der Waals surface area contributed by atoms with Crippen molar-refractivity contribution in [2.75, 3.05) is 38.1 Å². The van der Waals surface area contributed by atoms with E-state index in [-0.39, 0.29) is 18.0 Å². The number of nitrogens with one attached hydrogen (secondary N) is 1. The van der Waals surface area contributed by atoms with Gasteiger partial charge in [-0.25, -0.2) is 4.79 Å². The van der Waals surface area contributed by atoms with Gasteiger partial charge in [-0.05, 0) is 43.9 Å². The van der Waals surface area contributed by atoms with Gasteiger partial charge in [-0.15, -0.1) is 0 Å². The quantitative estimate of drug-likeness (QED) is 0.824. The maximum atomic E-state index is 12.7. The van der Waals surface area contributed by atoms with Gasteiger partial charge in [0.25, 0.3) is 0 Å².